The predicted octanol–water partition coefficient (Wildman–Crippen LogP) is 3.93. The quantitative estimate of drug-likeness (QED) is 0.528. The minimum atomic E-state index is -4.40. The molecule has 0 fully saturated rings. The molecule has 1 N–H and O–H groups in total. The number of hydroxylamine groups is 1. The highest BCUT2D eigenvalue weighted by Gasteiger charge is 2.30. The highest BCUT2D eigenvalue weighted by molar-refractivity contribution is 5.99. The topological polar surface area (TPSA) is 33.6 Å². The summed E-state index contributed by atoms with van der Waals surface area (Å²) >= 11 is 0. The lowest BCUT2D eigenvalue weighted by atomic mass is 10.1. The molecule has 0 saturated heterocycles. The van der Waals surface area contributed by atoms with E-state index in [2.05, 4.69) is 10.5 Å². The van der Waals surface area contributed by atoms with Crippen molar-refractivity contribution in [1.82, 2.24) is 5.48 Å². The van der Waals surface area contributed by atoms with Crippen LogP contribution in [0.15, 0.2) is 59.6 Å². The molecule has 110 valence electrons. The molecule has 0 atom stereocenters. The van der Waals surface area contributed by atoms with Crippen LogP contribution in [0.5, 0.6) is 0 Å². The molecule has 3 nitrogen and oxygen atoms in total. The Labute approximate surface area is 120 Å². The molecule has 0 aliphatic carbocycles. The Morgan fingerprint density at radius 1 is 1.05 bits per heavy atom. The lowest BCUT2D eigenvalue weighted by Gasteiger charge is -2.11. The second-order valence-electron chi connectivity index (χ2n) is 4.18. The van der Waals surface area contributed by atoms with E-state index in [4.69, 9.17) is 4.84 Å². The van der Waals surface area contributed by atoms with Crippen LogP contribution in [-0.2, 0) is 11.0 Å². The van der Waals surface area contributed by atoms with Crippen molar-refractivity contribution >= 4 is 11.5 Å². The number of halogens is 3. The van der Waals surface area contributed by atoms with Crippen molar-refractivity contribution in [2.45, 2.75) is 6.18 Å². The summed E-state index contributed by atoms with van der Waals surface area (Å²) in [4.78, 5) is 9.05. The molecular formula is C15H13F3N2O. The van der Waals surface area contributed by atoms with Crippen molar-refractivity contribution in [3.05, 3.63) is 65.7 Å². The number of nitrogens with zero attached hydrogens (tertiary/aromatic N) is 1. The first-order valence-electron chi connectivity index (χ1n) is 6.11. The van der Waals surface area contributed by atoms with Crippen LogP contribution in [0.4, 0.5) is 18.9 Å². The summed E-state index contributed by atoms with van der Waals surface area (Å²) in [5.74, 6) is 0.204. The molecule has 0 amide bonds. The van der Waals surface area contributed by atoms with Gasteiger partial charge in [0, 0.05) is 5.56 Å². The zero-order valence-electron chi connectivity index (χ0n) is 11.2. The second-order valence-corrected chi connectivity index (χ2v) is 4.18. The third kappa shape index (κ3) is 4.06. The van der Waals surface area contributed by atoms with Gasteiger partial charge >= 0.3 is 6.18 Å². The highest BCUT2D eigenvalue weighted by atomic mass is 19.4. The van der Waals surface area contributed by atoms with Gasteiger partial charge in [0.1, 0.15) is 0 Å². The van der Waals surface area contributed by atoms with Gasteiger partial charge in [-0.3, -0.25) is 4.84 Å². The molecule has 6 heteroatoms. The largest absolute Gasteiger partial charge is 0.416 e. The van der Waals surface area contributed by atoms with Crippen molar-refractivity contribution in [3.8, 4) is 0 Å². The van der Waals surface area contributed by atoms with Gasteiger partial charge in [-0.25, -0.2) is 10.5 Å². The molecule has 0 saturated carbocycles. The molecule has 0 aliphatic heterocycles. The lowest BCUT2D eigenvalue weighted by Crippen LogP contribution is -2.23. The molecule has 0 bridgehead atoms. The maximum atomic E-state index is 12.8. The number of rotatable bonds is 3. The molecule has 0 unspecified atom stereocenters. The lowest BCUT2D eigenvalue weighted by molar-refractivity contribution is -0.137. The van der Waals surface area contributed by atoms with Crippen molar-refractivity contribution in [3.63, 3.8) is 0 Å². The number of nitrogens with one attached hydrogen (secondary N) is 1. The first-order valence-corrected chi connectivity index (χ1v) is 6.11. The third-order valence-corrected chi connectivity index (χ3v) is 2.66. The van der Waals surface area contributed by atoms with Gasteiger partial charge in [-0.2, -0.15) is 13.2 Å². The summed E-state index contributed by atoms with van der Waals surface area (Å²) in [7, 11) is 1.37. The van der Waals surface area contributed by atoms with Gasteiger partial charge in [0.05, 0.1) is 18.4 Å². The number of para-hydroxylation sites is 1. The molecule has 2 aromatic carbocycles. The third-order valence-electron chi connectivity index (χ3n) is 2.66. The number of hydrogen-bond acceptors (Lipinski definition) is 2. The van der Waals surface area contributed by atoms with E-state index in [0.29, 0.717) is 5.69 Å². The van der Waals surface area contributed by atoms with Crippen LogP contribution < -0.4 is 5.48 Å². The average Bonchev–Trinajstić information content (AvgIpc) is 2.47. The number of aliphatic imine (C=N–C) groups is 1. The zero-order valence-corrected chi connectivity index (χ0v) is 11.2. The fraction of sp³-hybridized carbons (Fsp3) is 0.133. The van der Waals surface area contributed by atoms with Crippen molar-refractivity contribution in [2.24, 2.45) is 4.99 Å². The van der Waals surface area contributed by atoms with Gasteiger partial charge < -0.3 is 0 Å². The minimum absolute atomic E-state index is 0.204. The Hall–Kier alpha value is -2.34. The zero-order chi connectivity index (χ0) is 15.3. The smallest absolute Gasteiger partial charge is 0.278 e. The van der Waals surface area contributed by atoms with E-state index in [1.807, 2.05) is 6.07 Å². The van der Waals surface area contributed by atoms with E-state index >= 15 is 0 Å². The van der Waals surface area contributed by atoms with Gasteiger partial charge in [-0.05, 0) is 24.3 Å². The van der Waals surface area contributed by atoms with Gasteiger partial charge in [0.15, 0.2) is 5.84 Å². The van der Waals surface area contributed by atoms with Crippen LogP contribution in [-0.4, -0.2) is 12.9 Å². The van der Waals surface area contributed by atoms with Crippen LogP contribution in [0.3, 0.4) is 0 Å². The summed E-state index contributed by atoms with van der Waals surface area (Å²) in [6.45, 7) is 0. The highest BCUT2D eigenvalue weighted by Crippen LogP contribution is 2.29. The molecule has 0 radical (unpaired) electrons. The molecule has 0 heterocycles. The number of amidine groups is 1. The summed E-state index contributed by atoms with van der Waals surface area (Å²) < 4.78 is 38.3. The molecule has 2 aromatic rings. The van der Waals surface area contributed by atoms with E-state index in [0.717, 1.165) is 12.1 Å². The number of alkyl halides is 3. The summed E-state index contributed by atoms with van der Waals surface area (Å²) in [6, 6.07) is 13.8. The standard InChI is InChI=1S/C15H13F3N2O/c1-21-20-14(19-13-8-3-2-4-9-13)11-6-5-7-12(10-11)15(16,17)18/h2-10H,1H3,(H,19,20). The first-order chi connectivity index (χ1) is 10.0. The number of hydrogen-bond donors (Lipinski definition) is 1. The Bertz CT molecular complexity index is 624. The summed E-state index contributed by atoms with van der Waals surface area (Å²) in [5, 5.41) is 0. The predicted molar refractivity (Wildman–Crippen MR) is 74.2 cm³/mol. The fourth-order valence-corrected chi connectivity index (χ4v) is 1.72. The van der Waals surface area contributed by atoms with Crippen molar-refractivity contribution < 1.29 is 18.0 Å². The van der Waals surface area contributed by atoms with Crippen molar-refractivity contribution in [1.29, 1.82) is 0 Å². The Kier molecular flexibility index (Phi) is 4.59. The van der Waals surface area contributed by atoms with E-state index in [-0.39, 0.29) is 11.4 Å². The van der Waals surface area contributed by atoms with Gasteiger partial charge in [0.25, 0.3) is 0 Å². The maximum absolute atomic E-state index is 12.8. The first kappa shape index (κ1) is 15.1. The molecule has 0 aliphatic rings. The van der Waals surface area contributed by atoms with Gasteiger partial charge in [-0.1, -0.05) is 30.3 Å². The van der Waals surface area contributed by atoms with Crippen LogP contribution in [0.25, 0.3) is 0 Å². The van der Waals surface area contributed by atoms with E-state index < -0.39 is 11.7 Å². The van der Waals surface area contributed by atoms with E-state index in [9.17, 15) is 13.2 Å². The Balaban J connectivity index is 2.41. The normalized spacial score (nSPS) is 12.3. The summed E-state index contributed by atoms with van der Waals surface area (Å²) in [6.07, 6.45) is -4.40. The molecule has 2 rings (SSSR count). The van der Waals surface area contributed by atoms with Crippen LogP contribution in [0, 0.1) is 0 Å². The second kappa shape index (κ2) is 6.41. The van der Waals surface area contributed by atoms with Crippen LogP contribution in [0.1, 0.15) is 11.1 Å². The van der Waals surface area contributed by atoms with Crippen LogP contribution >= 0.6 is 0 Å². The van der Waals surface area contributed by atoms with Crippen LogP contribution in [0.2, 0.25) is 0 Å². The maximum Gasteiger partial charge on any atom is 0.416 e. The van der Waals surface area contributed by atoms with Gasteiger partial charge in [0.2, 0.25) is 0 Å². The van der Waals surface area contributed by atoms with E-state index in [1.54, 1.807) is 24.3 Å². The summed E-state index contributed by atoms with van der Waals surface area (Å²) in [5.41, 5.74) is 2.66. The van der Waals surface area contributed by atoms with Crippen molar-refractivity contribution in [2.75, 3.05) is 7.11 Å². The Morgan fingerprint density at radius 2 is 1.76 bits per heavy atom. The monoisotopic (exact) mass is 294 g/mol. The SMILES string of the molecule is CONC(=Nc1ccccc1)c1cccc(C(F)(F)F)c1. The molecular weight excluding hydrogens is 281 g/mol. The minimum Gasteiger partial charge on any atom is -0.278 e. The molecule has 0 aromatic heterocycles. The average molecular weight is 294 g/mol. The molecule has 21 heavy (non-hydrogen) atoms. The fourth-order valence-electron chi connectivity index (χ4n) is 1.72. The number of benzene rings is 2. The van der Waals surface area contributed by atoms with E-state index in [1.165, 1.54) is 19.2 Å². The van der Waals surface area contributed by atoms with Gasteiger partial charge in [-0.15, -0.1) is 0 Å². The molecule has 0 spiro atoms. The Morgan fingerprint density at radius 3 is 2.38 bits per heavy atom.